The van der Waals surface area contributed by atoms with Gasteiger partial charge in [-0.25, -0.2) is 4.79 Å². The Morgan fingerprint density at radius 1 is 1.42 bits per heavy atom. The number of rotatable bonds is 2. The highest BCUT2D eigenvalue weighted by Crippen LogP contribution is 2.60. The van der Waals surface area contributed by atoms with E-state index in [4.69, 9.17) is 9.47 Å². The number of hydrogen-bond acceptors (Lipinski definition) is 4. The molecule has 0 radical (unpaired) electrons. The first kappa shape index (κ1) is 16.8. The van der Waals surface area contributed by atoms with E-state index in [1.54, 1.807) is 0 Å². The Kier molecular flexibility index (Phi) is 3.58. The Labute approximate surface area is 154 Å². The zero-order valence-electron chi connectivity index (χ0n) is 15.6. The molecule has 9 atom stereocenters. The maximum Gasteiger partial charge on any atom is 0.337 e. The Hall–Kier alpha value is -1.39. The normalized spacial score (nSPS) is 51.6. The van der Waals surface area contributed by atoms with Crippen molar-refractivity contribution in [3.05, 3.63) is 36.0 Å². The van der Waals surface area contributed by atoms with Crippen molar-refractivity contribution in [3.8, 4) is 0 Å². The molecule has 5 aliphatic rings. The molecular weight excluding hydrogens is 328 g/mol. The third-order valence-electron chi connectivity index (χ3n) is 7.64. The molecule has 2 bridgehead atoms. The number of carbonyl (C=O) groups excluding carboxylic acids is 1. The van der Waals surface area contributed by atoms with Gasteiger partial charge in [-0.1, -0.05) is 25.2 Å². The summed E-state index contributed by atoms with van der Waals surface area (Å²) in [6, 6.07) is 0. The number of esters is 1. The van der Waals surface area contributed by atoms with Gasteiger partial charge in [0.1, 0.15) is 6.10 Å². The van der Waals surface area contributed by atoms with Crippen LogP contribution >= 0.6 is 0 Å². The van der Waals surface area contributed by atoms with E-state index < -0.39 is 5.60 Å². The van der Waals surface area contributed by atoms with E-state index in [0.29, 0.717) is 30.1 Å². The van der Waals surface area contributed by atoms with Crippen LogP contribution in [-0.4, -0.2) is 35.0 Å². The van der Waals surface area contributed by atoms with Crippen LogP contribution in [0, 0.1) is 29.6 Å². The van der Waals surface area contributed by atoms with Gasteiger partial charge >= 0.3 is 5.97 Å². The number of aliphatic hydroxyl groups excluding tert-OH is 1. The average Bonchev–Trinajstić information content (AvgIpc) is 3.00. The summed E-state index contributed by atoms with van der Waals surface area (Å²) >= 11 is 0. The molecule has 1 saturated carbocycles. The number of cyclic esters (lactones) is 1. The Morgan fingerprint density at radius 2 is 2.23 bits per heavy atom. The van der Waals surface area contributed by atoms with Gasteiger partial charge in [-0.05, 0) is 49.0 Å². The van der Waals surface area contributed by atoms with Crippen molar-refractivity contribution >= 4 is 5.97 Å². The molecule has 0 amide bonds. The average molecular weight is 356 g/mol. The van der Waals surface area contributed by atoms with Gasteiger partial charge in [0.05, 0.1) is 23.4 Å². The van der Waals surface area contributed by atoms with Gasteiger partial charge in [0.2, 0.25) is 0 Å². The molecule has 1 saturated heterocycles. The van der Waals surface area contributed by atoms with E-state index in [-0.39, 0.29) is 30.2 Å². The summed E-state index contributed by atoms with van der Waals surface area (Å²) in [5, 5.41) is 10.6. The minimum Gasteiger partial charge on any atom is -0.458 e. The molecule has 1 unspecified atom stereocenters. The molecule has 3 aliphatic carbocycles. The second kappa shape index (κ2) is 5.56. The minimum absolute atomic E-state index is 0.0359. The van der Waals surface area contributed by atoms with Crippen molar-refractivity contribution in [1.82, 2.24) is 0 Å². The fraction of sp³-hybridized carbons (Fsp3) is 0.682. The molecule has 4 nitrogen and oxygen atoms in total. The third-order valence-corrected chi connectivity index (χ3v) is 7.64. The fourth-order valence-electron chi connectivity index (χ4n) is 6.64. The molecular formula is C22H28O4. The molecule has 0 spiro atoms. The monoisotopic (exact) mass is 356 g/mol. The van der Waals surface area contributed by atoms with E-state index >= 15 is 0 Å². The predicted octanol–water partition coefficient (Wildman–Crippen LogP) is 3.17. The predicted molar refractivity (Wildman–Crippen MR) is 97.1 cm³/mol. The topological polar surface area (TPSA) is 55.8 Å². The summed E-state index contributed by atoms with van der Waals surface area (Å²) in [5.74, 6) is 1.52. The Balaban J connectivity index is 1.55. The van der Waals surface area contributed by atoms with Gasteiger partial charge in [-0.15, -0.1) is 6.58 Å². The number of carbonyl (C=O) groups is 1. The summed E-state index contributed by atoms with van der Waals surface area (Å²) < 4.78 is 12.2. The first-order valence-corrected chi connectivity index (χ1v) is 10.0. The molecule has 0 aromatic rings. The van der Waals surface area contributed by atoms with Crippen molar-refractivity contribution in [2.45, 2.75) is 63.4 Å². The SMILES string of the molecule is C=CCC1CC2=C(C(=O)O1)[C@@]1(C)C[C@@H]2[C@@H]2[C@H]3C[C@@H](C)[C@@H](O)[C@H]3C=C[C@@H]2O1. The summed E-state index contributed by atoms with van der Waals surface area (Å²) in [7, 11) is 0. The largest absolute Gasteiger partial charge is 0.458 e. The van der Waals surface area contributed by atoms with E-state index in [1.807, 2.05) is 6.08 Å². The molecule has 140 valence electrons. The van der Waals surface area contributed by atoms with Crippen LogP contribution in [-0.2, 0) is 14.3 Å². The zero-order chi connectivity index (χ0) is 18.2. The maximum absolute atomic E-state index is 12.8. The van der Waals surface area contributed by atoms with Crippen LogP contribution in [0.5, 0.6) is 0 Å². The van der Waals surface area contributed by atoms with Gasteiger partial charge < -0.3 is 14.6 Å². The highest BCUT2D eigenvalue weighted by atomic mass is 16.6. The summed E-state index contributed by atoms with van der Waals surface area (Å²) in [6.07, 6.45) is 9.26. The lowest BCUT2D eigenvalue weighted by Gasteiger charge is -2.47. The van der Waals surface area contributed by atoms with Crippen LogP contribution in [0.4, 0.5) is 0 Å². The van der Waals surface area contributed by atoms with Crippen LogP contribution in [0.1, 0.15) is 39.5 Å². The molecule has 1 N–H and O–H groups in total. The van der Waals surface area contributed by atoms with E-state index in [9.17, 15) is 9.90 Å². The van der Waals surface area contributed by atoms with Crippen molar-refractivity contribution in [2.24, 2.45) is 29.6 Å². The van der Waals surface area contributed by atoms with Gasteiger partial charge in [0.25, 0.3) is 0 Å². The van der Waals surface area contributed by atoms with Gasteiger partial charge in [0.15, 0.2) is 0 Å². The van der Waals surface area contributed by atoms with Gasteiger partial charge in [0, 0.05) is 18.8 Å². The summed E-state index contributed by atoms with van der Waals surface area (Å²) in [5.41, 5.74) is 1.53. The van der Waals surface area contributed by atoms with Crippen LogP contribution in [0.3, 0.4) is 0 Å². The first-order valence-electron chi connectivity index (χ1n) is 10.0. The van der Waals surface area contributed by atoms with Crippen molar-refractivity contribution in [3.63, 3.8) is 0 Å². The lowest BCUT2D eigenvalue weighted by Crippen LogP contribution is -2.49. The van der Waals surface area contributed by atoms with Crippen LogP contribution < -0.4 is 0 Å². The lowest BCUT2D eigenvalue weighted by atomic mass is 9.65. The third kappa shape index (κ3) is 2.12. The highest BCUT2D eigenvalue weighted by molar-refractivity contribution is 5.93. The zero-order valence-corrected chi connectivity index (χ0v) is 15.6. The van der Waals surface area contributed by atoms with Gasteiger partial charge in [-0.3, -0.25) is 0 Å². The molecule has 0 aromatic carbocycles. The molecule has 0 aromatic heterocycles. The molecule has 26 heavy (non-hydrogen) atoms. The first-order chi connectivity index (χ1) is 12.4. The van der Waals surface area contributed by atoms with Crippen LogP contribution in [0.2, 0.25) is 0 Å². The highest BCUT2D eigenvalue weighted by Gasteiger charge is 2.61. The van der Waals surface area contributed by atoms with Crippen molar-refractivity contribution in [2.75, 3.05) is 0 Å². The molecule has 4 heteroatoms. The van der Waals surface area contributed by atoms with Crippen molar-refractivity contribution < 1.29 is 19.4 Å². The molecule has 2 heterocycles. The number of ether oxygens (including phenoxy) is 2. The Morgan fingerprint density at radius 3 is 3.00 bits per heavy atom. The number of hydrogen-bond donors (Lipinski definition) is 1. The molecule has 2 aliphatic heterocycles. The van der Waals surface area contributed by atoms with E-state index in [0.717, 1.165) is 24.8 Å². The van der Waals surface area contributed by atoms with Crippen molar-refractivity contribution in [1.29, 1.82) is 0 Å². The number of aliphatic hydroxyl groups is 1. The smallest absolute Gasteiger partial charge is 0.337 e. The maximum atomic E-state index is 12.8. The molecule has 5 rings (SSSR count). The number of fused-ring (bicyclic) bond motifs is 8. The quantitative estimate of drug-likeness (QED) is 0.610. The summed E-state index contributed by atoms with van der Waals surface area (Å²) in [4.78, 5) is 12.8. The van der Waals surface area contributed by atoms with E-state index in [1.165, 1.54) is 5.57 Å². The fourth-order valence-corrected chi connectivity index (χ4v) is 6.64. The van der Waals surface area contributed by atoms with Gasteiger partial charge in [-0.2, -0.15) is 0 Å². The van der Waals surface area contributed by atoms with Crippen LogP contribution in [0.25, 0.3) is 0 Å². The summed E-state index contributed by atoms with van der Waals surface area (Å²) in [6.45, 7) is 8.01. The minimum atomic E-state index is -0.530. The standard InChI is InChI=1S/C22H28O4/c1-4-5-12-9-15-16-10-22(3,19(15)21(24)25-12)26-17-7-6-13-14(18(16)17)8-11(2)20(13)23/h4,6-7,11-14,16-18,20,23H,1,5,8-10H2,2-3H3/t11-,12?,13+,14+,16+,17+,18+,20-,22-/m1/s1. The van der Waals surface area contributed by atoms with E-state index in [2.05, 4.69) is 32.6 Å². The second-order valence-electron chi connectivity index (χ2n) is 9.19. The second-order valence-corrected chi connectivity index (χ2v) is 9.19. The Bertz CT molecular complexity index is 722. The van der Waals surface area contributed by atoms with Crippen LogP contribution in [0.15, 0.2) is 36.0 Å². The molecule has 2 fully saturated rings. The lowest BCUT2D eigenvalue weighted by molar-refractivity contribution is -0.154.